The van der Waals surface area contributed by atoms with Gasteiger partial charge in [0.1, 0.15) is 11.6 Å². The molecule has 0 fully saturated rings. The molecular weight excluding hydrogens is 336 g/mol. The summed E-state index contributed by atoms with van der Waals surface area (Å²) in [5.74, 6) is -0.00213. The van der Waals surface area contributed by atoms with E-state index in [0.717, 1.165) is 11.1 Å². The van der Waals surface area contributed by atoms with Crippen molar-refractivity contribution >= 4 is 5.78 Å². The molecule has 1 aliphatic rings. The summed E-state index contributed by atoms with van der Waals surface area (Å²) in [4.78, 5) is 25.8. The van der Waals surface area contributed by atoms with E-state index in [2.05, 4.69) is 0 Å². The third kappa shape index (κ3) is 2.98. The smallest absolute Gasteiger partial charge is 0.273 e. The summed E-state index contributed by atoms with van der Waals surface area (Å²) in [6.07, 6.45) is 0.966. The minimum absolute atomic E-state index is 0.000774. The number of ketones is 1. The van der Waals surface area contributed by atoms with Crippen LogP contribution in [0.15, 0.2) is 65.5 Å². The van der Waals surface area contributed by atoms with Crippen molar-refractivity contribution in [2.45, 2.75) is 25.7 Å². The minimum Gasteiger partial charge on any atom is -0.294 e. The van der Waals surface area contributed by atoms with Gasteiger partial charge < -0.3 is 0 Å². The van der Waals surface area contributed by atoms with Crippen LogP contribution in [0.25, 0.3) is 5.69 Å². The number of fused-ring (bicyclic) bond motifs is 1. The zero-order valence-corrected chi connectivity index (χ0v) is 15.0. The highest BCUT2D eigenvalue weighted by atomic mass is 16.1. The van der Waals surface area contributed by atoms with Gasteiger partial charge in [0, 0.05) is 23.4 Å². The van der Waals surface area contributed by atoms with Crippen molar-refractivity contribution in [2.24, 2.45) is 0 Å². The summed E-state index contributed by atoms with van der Waals surface area (Å²) in [5, 5.41) is 9.38. The van der Waals surface area contributed by atoms with Crippen LogP contribution < -0.4 is 5.56 Å². The summed E-state index contributed by atoms with van der Waals surface area (Å²) >= 11 is 0. The van der Waals surface area contributed by atoms with Gasteiger partial charge in [0.25, 0.3) is 5.56 Å². The highest BCUT2D eigenvalue weighted by Gasteiger charge is 2.30. The Kier molecular flexibility index (Phi) is 4.21. The number of carbonyl (C=O) groups excluding carboxylic acids is 1. The van der Waals surface area contributed by atoms with Crippen molar-refractivity contribution < 1.29 is 4.79 Å². The molecule has 1 aliphatic carbocycles. The standard InChI is InChI=1S/C23H18N2O2/c1-15-7-9-19(10-8-15)25-21-12-17(16-5-3-2-4-6-16)13-22(26)20(21)11-18(14-24)23(25)27/h2-11,17H,12-13H2,1H3. The number of hydrogen-bond donors (Lipinski definition) is 0. The summed E-state index contributed by atoms with van der Waals surface area (Å²) in [6.45, 7) is 1.97. The lowest BCUT2D eigenvalue weighted by Gasteiger charge is -2.27. The van der Waals surface area contributed by atoms with Gasteiger partial charge in [-0.1, -0.05) is 48.0 Å². The number of hydrogen-bond acceptors (Lipinski definition) is 3. The van der Waals surface area contributed by atoms with Crippen LogP contribution in [0.3, 0.4) is 0 Å². The number of pyridine rings is 1. The molecule has 0 N–H and O–H groups in total. The Bertz CT molecular complexity index is 1120. The van der Waals surface area contributed by atoms with Crippen molar-refractivity contribution in [3.05, 3.63) is 99.0 Å². The van der Waals surface area contributed by atoms with E-state index in [1.54, 1.807) is 4.57 Å². The highest BCUT2D eigenvalue weighted by Crippen LogP contribution is 2.33. The maximum atomic E-state index is 12.9. The van der Waals surface area contributed by atoms with Crippen molar-refractivity contribution in [3.8, 4) is 11.8 Å². The lowest BCUT2D eigenvalue weighted by atomic mass is 9.81. The molecule has 4 nitrogen and oxygen atoms in total. The quantitative estimate of drug-likeness (QED) is 0.700. The fourth-order valence-electron chi connectivity index (χ4n) is 3.74. The zero-order chi connectivity index (χ0) is 19.0. The fourth-order valence-corrected chi connectivity index (χ4v) is 3.74. The van der Waals surface area contributed by atoms with Crippen molar-refractivity contribution in [2.75, 3.05) is 0 Å². The number of carbonyl (C=O) groups is 1. The van der Waals surface area contributed by atoms with E-state index in [4.69, 9.17) is 0 Å². The molecule has 1 aromatic heterocycles. The van der Waals surface area contributed by atoms with E-state index in [1.165, 1.54) is 6.07 Å². The van der Waals surface area contributed by atoms with Gasteiger partial charge >= 0.3 is 0 Å². The molecule has 0 bridgehead atoms. The van der Waals surface area contributed by atoms with E-state index < -0.39 is 0 Å². The van der Waals surface area contributed by atoms with Crippen LogP contribution in [0, 0.1) is 18.3 Å². The molecule has 0 saturated carbocycles. The Hall–Kier alpha value is -3.45. The second-order valence-corrected chi connectivity index (χ2v) is 6.95. The molecule has 4 heteroatoms. The van der Waals surface area contributed by atoms with E-state index >= 15 is 0 Å². The lowest BCUT2D eigenvalue weighted by Crippen LogP contribution is -2.31. The molecule has 4 rings (SSSR count). The average molecular weight is 354 g/mol. The largest absolute Gasteiger partial charge is 0.294 e. The summed E-state index contributed by atoms with van der Waals surface area (Å²) in [7, 11) is 0. The molecule has 1 atom stereocenters. The van der Waals surface area contributed by atoms with Gasteiger partial charge in [0.05, 0.1) is 0 Å². The Morgan fingerprint density at radius 2 is 1.70 bits per heavy atom. The molecule has 1 unspecified atom stereocenters. The van der Waals surface area contributed by atoms with Gasteiger partial charge in [-0.25, -0.2) is 0 Å². The van der Waals surface area contributed by atoms with E-state index in [9.17, 15) is 14.9 Å². The molecule has 27 heavy (non-hydrogen) atoms. The predicted molar refractivity (Wildman–Crippen MR) is 103 cm³/mol. The maximum Gasteiger partial charge on any atom is 0.273 e. The maximum absolute atomic E-state index is 12.9. The first-order chi connectivity index (χ1) is 13.1. The number of aryl methyl sites for hydroxylation is 1. The molecular formula is C23H18N2O2. The first kappa shape index (κ1) is 17.0. The molecule has 2 aromatic carbocycles. The van der Waals surface area contributed by atoms with Crippen LogP contribution in [0.2, 0.25) is 0 Å². The lowest BCUT2D eigenvalue weighted by molar-refractivity contribution is 0.0962. The zero-order valence-electron chi connectivity index (χ0n) is 15.0. The van der Waals surface area contributed by atoms with Crippen molar-refractivity contribution in [3.63, 3.8) is 0 Å². The van der Waals surface area contributed by atoms with Crippen LogP contribution in [-0.4, -0.2) is 10.4 Å². The number of nitriles is 1. The number of Topliss-reactive ketones (excluding diaryl/α,β-unsaturated/α-hetero) is 1. The van der Waals surface area contributed by atoms with Crippen LogP contribution in [-0.2, 0) is 6.42 Å². The summed E-state index contributed by atoms with van der Waals surface area (Å²) in [5.41, 5.74) is 3.65. The highest BCUT2D eigenvalue weighted by molar-refractivity contribution is 5.99. The second-order valence-electron chi connectivity index (χ2n) is 6.95. The van der Waals surface area contributed by atoms with E-state index in [-0.39, 0.29) is 22.8 Å². The van der Waals surface area contributed by atoms with Gasteiger partial charge in [0.2, 0.25) is 0 Å². The molecule has 0 aliphatic heterocycles. The SMILES string of the molecule is Cc1ccc(-n2c3c(cc(C#N)c2=O)C(=O)CC(c2ccccc2)C3)cc1. The molecule has 0 spiro atoms. The number of nitrogens with zero attached hydrogens (tertiary/aromatic N) is 2. The summed E-state index contributed by atoms with van der Waals surface area (Å²) < 4.78 is 1.54. The topological polar surface area (TPSA) is 62.9 Å². The second kappa shape index (κ2) is 6.69. The van der Waals surface area contributed by atoms with Crippen molar-refractivity contribution in [1.29, 1.82) is 5.26 Å². The minimum atomic E-state index is -0.374. The van der Waals surface area contributed by atoms with Gasteiger partial charge in [-0.15, -0.1) is 0 Å². The molecule has 0 saturated heterocycles. The third-order valence-electron chi connectivity index (χ3n) is 5.16. The summed E-state index contributed by atoms with van der Waals surface area (Å²) in [6, 6.07) is 20.9. The Morgan fingerprint density at radius 1 is 1.00 bits per heavy atom. The van der Waals surface area contributed by atoms with E-state index in [0.29, 0.717) is 29.8 Å². The van der Waals surface area contributed by atoms with Crippen LogP contribution in [0.4, 0.5) is 0 Å². The molecule has 3 aromatic rings. The van der Waals surface area contributed by atoms with Crippen LogP contribution in [0.1, 0.15) is 45.1 Å². The molecule has 1 heterocycles. The Labute approximate surface area is 157 Å². The van der Waals surface area contributed by atoms with Gasteiger partial charge in [-0.3, -0.25) is 14.2 Å². The van der Waals surface area contributed by atoms with Gasteiger partial charge in [0.15, 0.2) is 5.78 Å². The Morgan fingerprint density at radius 3 is 2.37 bits per heavy atom. The monoisotopic (exact) mass is 354 g/mol. The number of rotatable bonds is 2. The van der Waals surface area contributed by atoms with Crippen LogP contribution in [0.5, 0.6) is 0 Å². The van der Waals surface area contributed by atoms with Gasteiger partial charge in [-0.05, 0) is 43.0 Å². The first-order valence-corrected chi connectivity index (χ1v) is 8.92. The van der Waals surface area contributed by atoms with Crippen molar-refractivity contribution in [1.82, 2.24) is 4.57 Å². The first-order valence-electron chi connectivity index (χ1n) is 8.92. The van der Waals surface area contributed by atoms with Gasteiger partial charge in [-0.2, -0.15) is 5.26 Å². The molecule has 0 radical (unpaired) electrons. The number of benzene rings is 2. The Balaban J connectivity index is 1.94. The van der Waals surface area contributed by atoms with E-state index in [1.807, 2.05) is 67.6 Å². The normalized spacial score (nSPS) is 15.9. The third-order valence-corrected chi connectivity index (χ3v) is 5.16. The van der Waals surface area contributed by atoms with Crippen LogP contribution >= 0.6 is 0 Å². The average Bonchev–Trinajstić information content (AvgIpc) is 2.69. The molecule has 0 amide bonds. The predicted octanol–water partition coefficient (Wildman–Crippen LogP) is 3.93. The fraction of sp³-hybridized carbons (Fsp3) is 0.174. The molecule has 132 valence electrons. The number of aromatic nitrogens is 1.